The highest BCUT2D eigenvalue weighted by Gasteiger charge is 2.37. The highest BCUT2D eigenvalue weighted by molar-refractivity contribution is 6.42. The summed E-state index contributed by atoms with van der Waals surface area (Å²) in [7, 11) is 0. The molecule has 1 aromatic heterocycles. The lowest BCUT2D eigenvalue weighted by Crippen LogP contribution is -2.07. The number of halogens is 5. The highest BCUT2D eigenvalue weighted by Crippen LogP contribution is 2.39. The van der Waals surface area contributed by atoms with Gasteiger partial charge >= 0.3 is 6.18 Å². The van der Waals surface area contributed by atoms with Crippen LogP contribution in [0.15, 0.2) is 18.2 Å². The van der Waals surface area contributed by atoms with Gasteiger partial charge in [-0.05, 0) is 17.7 Å². The molecule has 0 saturated carbocycles. The molecule has 0 fully saturated rings. The summed E-state index contributed by atoms with van der Waals surface area (Å²) in [6.45, 7) is 0. The Bertz CT molecular complexity index is 593. The minimum absolute atomic E-state index is 0.142. The van der Waals surface area contributed by atoms with Crippen molar-refractivity contribution in [1.82, 2.24) is 10.2 Å². The molecule has 8 heteroatoms. The smallest absolute Gasteiger partial charge is 0.382 e. The fourth-order valence-electron chi connectivity index (χ4n) is 1.50. The zero-order valence-corrected chi connectivity index (χ0v) is 10.2. The standard InChI is InChI=1S/C10H6Cl2F3N3/c11-5-2-1-4(3-6(5)12)7-8(10(13,14)15)17-18-9(7)16/h1-3H,(H3,16,17,18). The summed E-state index contributed by atoms with van der Waals surface area (Å²) in [6.07, 6.45) is -4.58. The maximum atomic E-state index is 12.7. The van der Waals surface area contributed by atoms with Crippen LogP contribution >= 0.6 is 23.2 Å². The molecule has 1 heterocycles. The van der Waals surface area contributed by atoms with E-state index in [4.69, 9.17) is 28.9 Å². The monoisotopic (exact) mass is 295 g/mol. The number of benzene rings is 1. The van der Waals surface area contributed by atoms with Gasteiger partial charge in [-0.3, -0.25) is 5.10 Å². The number of nitrogens with one attached hydrogen (secondary N) is 1. The normalized spacial score (nSPS) is 11.8. The predicted molar refractivity (Wildman–Crippen MR) is 63.5 cm³/mol. The van der Waals surface area contributed by atoms with Gasteiger partial charge in [0.1, 0.15) is 5.69 Å². The largest absolute Gasteiger partial charge is 0.433 e. The van der Waals surface area contributed by atoms with Crippen LogP contribution in [-0.2, 0) is 6.18 Å². The van der Waals surface area contributed by atoms with Crippen LogP contribution in [0.3, 0.4) is 0 Å². The molecule has 0 unspecified atom stereocenters. The number of nitrogens with zero attached hydrogens (tertiary/aromatic N) is 1. The second kappa shape index (κ2) is 4.37. The van der Waals surface area contributed by atoms with Crippen molar-refractivity contribution in [3.05, 3.63) is 33.9 Å². The number of H-pyrrole nitrogens is 1. The van der Waals surface area contributed by atoms with Crippen molar-refractivity contribution in [2.24, 2.45) is 0 Å². The lowest BCUT2D eigenvalue weighted by atomic mass is 10.1. The molecule has 0 atom stereocenters. The summed E-state index contributed by atoms with van der Waals surface area (Å²) in [4.78, 5) is 0. The summed E-state index contributed by atoms with van der Waals surface area (Å²) in [5, 5.41) is 5.63. The topological polar surface area (TPSA) is 54.7 Å². The van der Waals surface area contributed by atoms with E-state index in [0.717, 1.165) is 0 Å². The van der Waals surface area contributed by atoms with Crippen molar-refractivity contribution in [1.29, 1.82) is 0 Å². The molecule has 0 bridgehead atoms. The quantitative estimate of drug-likeness (QED) is 0.836. The van der Waals surface area contributed by atoms with Crippen molar-refractivity contribution in [3.8, 4) is 11.1 Å². The molecule has 2 aromatic rings. The first kappa shape index (κ1) is 13.0. The Morgan fingerprint density at radius 1 is 1.17 bits per heavy atom. The van der Waals surface area contributed by atoms with Gasteiger partial charge in [0.15, 0.2) is 5.82 Å². The third kappa shape index (κ3) is 2.26. The molecular formula is C10H6Cl2F3N3. The van der Waals surface area contributed by atoms with E-state index in [-0.39, 0.29) is 27.0 Å². The summed E-state index contributed by atoms with van der Waals surface area (Å²) < 4.78 is 38.2. The van der Waals surface area contributed by atoms with Crippen LogP contribution in [0, 0.1) is 0 Å². The molecular weight excluding hydrogens is 290 g/mol. The minimum Gasteiger partial charge on any atom is -0.382 e. The van der Waals surface area contributed by atoms with E-state index in [1.165, 1.54) is 18.2 Å². The average Bonchev–Trinajstić information content (AvgIpc) is 2.64. The van der Waals surface area contributed by atoms with Crippen LogP contribution in [0.4, 0.5) is 19.0 Å². The van der Waals surface area contributed by atoms with E-state index in [2.05, 4.69) is 5.10 Å². The number of anilines is 1. The van der Waals surface area contributed by atoms with Gasteiger partial charge in [-0.15, -0.1) is 0 Å². The lowest BCUT2D eigenvalue weighted by molar-refractivity contribution is -0.140. The summed E-state index contributed by atoms with van der Waals surface area (Å²) in [6, 6.07) is 4.09. The molecule has 0 aliphatic heterocycles. The van der Waals surface area contributed by atoms with Crippen LogP contribution in [0.5, 0.6) is 0 Å². The van der Waals surface area contributed by atoms with Gasteiger partial charge in [0.2, 0.25) is 0 Å². The maximum Gasteiger partial charge on any atom is 0.433 e. The Balaban J connectivity index is 2.63. The van der Waals surface area contributed by atoms with Crippen LogP contribution in [0.2, 0.25) is 10.0 Å². The Morgan fingerprint density at radius 2 is 1.83 bits per heavy atom. The predicted octanol–water partition coefficient (Wildman–Crippen LogP) is 3.98. The maximum absolute atomic E-state index is 12.7. The van der Waals surface area contributed by atoms with Crippen molar-refractivity contribution >= 4 is 29.0 Å². The molecule has 3 N–H and O–H groups in total. The number of hydrogen-bond acceptors (Lipinski definition) is 2. The van der Waals surface area contributed by atoms with Gasteiger partial charge in [0.25, 0.3) is 0 Å². The molecule has 1 aromatic carbocycles. The zero-order valence-electron chi connectivity index (χ0n) is 8.65. The van der Waals surface area contributed by atoms with Gasteiger partial charge in [-0.25, -0.2) is 0 Å². The van der Waals surface area contributed by atoms with Crippen molar-refractivity contribution in [2.75, 3.05) is 5.73 Å². The second-order valence-corrected chi connectivity index (χ2v) is 4.30. The van der Waals surface area contributed by atoms with Gasteiger partial charge in [0.05, 0.1) is 15.6 Å². The van der Waals surface area contributed by atoms with Crippen molar-refractivity contribution in [3.63, 3.8) is 0 Å². The Kier molecular flexibility index (Phi) is 3.16. The number of hydrogen-bond donors (Lipinski definition) is 2. The molecule has 0 radical (unpaired) electrons. The lowest BCUT2D eigenvalue weighted by Gasteiger charge is -2.08. The molecule has 96 valence electrons. The molecule has 18 heavy (non-hydrogen) atoms. The minimum atomic E-state index is -4.58. The van der Waals surface area contributed by atoms with Crippen molar-refractivity contribution < 1.29 is 13.2 Å². The highest BCUT2D eigenvalue weighted by atomic mass is 35.5. The van der Waals surface area contributed by atoms with Gasteiger partial charge in [0, 0.05) is 0 Å². The molecule has 0 aliphatic carbocycles. The SMILES string of the molecule is Nc1n[nH]c(C(F)(F)F)c1-c1ccc(Cl)c(Cl)c1. The van der Waals surface area contributed by atoms with Gasteiger partial charge in [-0.1, -0.05) is 29.3 Å². The average molecular weight is 296 g/mol. The van der Waals surface area contributed by atoms with E-state index < -0.39 is 11.9 Å². The number of rotatable bonds is 1. The molecule has 0 saturated heterocycles. The molecule has 0 spiro atoms. The summed E-state index contributed by atoms with van der Waals surface area (Å²) in [5.74, 6) is -0.249. The van der Waals surface area contributed by atoms with Crippen LogP contribution in [0.1, 0.15) is 5.69 Å². The molecule has 0 amide bonds. The molecule has 2 rings (SSSR count). The Morgan fingerprint density at radius 3 is 2.39 bits per heavy atom. The van der Waals surface area contributed by atoms with Crippen LogP contribution in [-0.4, -0.2) is 10.2 Å². The Hall–Kier alpha value is -1.40. The summed E-state index contributed by atoms with van der Waals surface area (Å²) >= 11 is 11.5. The first-order chi connectivity index (χ1) is 8.30. The van der Waals surface area contributed by atoms with Gasteiger partial charge in [-0.2, -0.15) is 18.3 Å². The third-order valence-corrected chi connectivity index (χ3v) is 3.03. The number of alkyl halides is 3. The van der Waals surface area contributed by atoms with Gasteiger partial charge < -0.3 is 5.73 Å². The van der Waals surface area contributed by atoms with Crippen LogP contribution < -0.4 is 5.73 Å². The van der Waals surface area contributed by atoms with E-state index in [1.807, 2.05) is 5.10 Å². The first-order valence-corrected chi connectivity index (χ1v) is 5.42. The third-order valence-electron chi connectivity index (χ3n) is 2.29. The number of nitrogens with two attached hydrogens (primary N) is 1. The second-order valence-electron chi connectivity index (χ2n) is 3.49. The zero-order chi connectivity index (χ0) is 13.5. The van der Waals surface area contributed by atoms with E-state index in [1.54, 1.807) is 0 Å². The number of aromatic nitrogens is 2. The number of nitrogen functional groups attached to an aromatic ring is 1. The Labute approximate surface area is 110 Å². The molecule has 3 nitrogen and oxygen atoms in total. The summed E-state index contributed by atoms with van der Waals surface area (Å²) in [5.41, 5.74) is 4.39. The van der Waals surface area contributed by atoms with E-state index >= 15 is 0 Å². The fourth-order valence-corrected chi connectivity index (χ4v) is 1.80. The van der Waals surface area contributed by atoms with E-state index in [9.17, 15) is 13.2 Å². The number of aromatic amines is 1. The fraction of sp³-hybridized carbons (Fsp3) is 0.100. The van der Waals surface area contributed by atoms with E-state index in [0.29, 0.717) is 0 Å². The molecule has 0 aliphatic rings. The van der Waals surface area contributed by atoms with Crippen molar-refractivity contribution in [2.45, 2.75) is 6.18 Å². The van der Waals surface area contributed by atoms with Crippen LogP contribution in [0.25, 0.3) is 11.1 Å². The first-order valence-electron chi connectivity index (χ1n) is 4.67.